The Hall–Kier alpha value is -6.26. The number of carbonyl (C=O) groups is 11. The van der Waals surface area contributed by atoms with Crippen molar-refractivity contribution in [3.8, 4) is 0 Å². The maximum Gasteiger partial charge on any atom is 0.245 e. The first-order chi connectivity index (χ1) is 32.7. The molecule has 11 amide bonds. The van der Waals surface area contributed by atoms with Crippen LogP contribution in [0.5, 0.6) is 0 Å². The molecular formula is C46H71N11O11S. The van der Waals surface area contributed by atoms with Crippen LogP contribution in [-0.4, -0.2) is 137 Å². The Morgan fingerprint density at radius 3 is 1.99 bits per heavy atom. The number of primary amides is 3. The van der Waals surface area contributed by atoms with E-state index < -0.39 is 133 Å². The molecular weight excluding hydrogens is 915 g/mol. The Morgan fingerprint density at radius 2 is 1.38 bits per heavy atom. The van der Waals surface area contributed by atoms with Crippen molar-refractivity contribution < 1.29 is 52.7 Å². The standard InChI is InChI=1S/C46H71N11O11S/c1-6-25(4)38(44(66)50-24-36(49)60)56-43(65)33-10-9-19-57(33)46(68)30-17-20-69-21-18-37(61)51-31(22-28-13-11-27(8-3)12-14-28)42(64)55-39(26(5)7-2)45(67)52-29(15-16-34(47)58)40(62)54-32(23-35(48)59)41(63)53-30/h11-14,25-26,29-33,38-39H,6-10,15-24H2,1-5H3,(H2,47,58)(H2,48,59)(H2,49,60)(H,50,66)(H,51,61)(H,52,67)(H,53,63)(H,54,62)(H,55,64)(H,56,65)/t25-,26+,29+,30-,31-,32-,33-,38-,39-/m0/s1. The zero-order valence-corrected chi connectivity index (χ0v) is 41.0. The quantitative estimate of drug-likeness (QED) is 0.0768. The van der Waals surface area contributed by atoms with Gasteiger partial charge < -0.3 is 59.3 Å². The van der Waals surface area contributed by atoms with Crippen LogP contribution in [-0.2, 0) is 65.6 Å². The fourth-order valence-electron chi connectivity index (χ4n) is 7.81. The van der Waals surface area contributed by atoms with Crippen molar-refractivity contribution in [1.82, 2.24) is 42.1 Å². The topological polar surface area (TPSA) is 353 Å². The second kappa shape index (κ2) is 28.3. The first-order valence-electron chi connectivity index (χ1n) is 23.6. The summed E-state index contributed by atoms with van der Waals surface area (Å²) in [6, 6.07) is -1.60. The average Bonchev–Trinajstić information content (AvgIpc) is 3.81. The van der Waals surface area contributed by atoms with E-state index in [1.807, 2.05) is 38.1 Å². The minimum absolute atomic E-state index is 0.0585. The first kappa shape index (κ1) is 57.1. The molecule has 0 aliphatic carbocycles. The molecule has 2 aliphatic heterocycles. The SMILES string of the molecule is CCc1ccc(C[C@@H]2NC(=O)CCSCC[C@@H](C(=O)N3CCC[C@H]3C(=O)N[C@H](C(=O)NCC(N)=O)[C@@H](C)CC)NC(=O)[C@H](CC(N)=O)NC(=O)[C@@H](CCC(N)=O)NC(=O)[C@H]([C@H](C)CC)NC2=O)cc1. The number of hydrogen-bond donors (Lipinski definition) is 10. The lowest BCUT2D eigenvalue weighted by atomic mass is 9.96. The molecule has 0 aromatic heterocycles. The highest BCUT2D eigenvalue weighted by Gasteiger charge is 2.41. The average molecular weight is 986 g/mol. The number of amides is 11. The Morgan fingerprint density at radius 1 is 0.739 bits per heavy atom. The van der Waals surface area contributed by atoms with E-state index in [4.69, 9.17) is 17.2 Å². The molecule has 0 bridgehead atoms. The minimum Gasteiger partial charge on any atom is -0.370 e. The van der Waals surface area contributed by atoms with E-state index in [-0.39, 0.29) is 56.1 Å². The van der Waals surface area contributed by atoms with E-state index in [2.05, 4.69) is 37.2 Å². The van der Waals surface area contributed by atoms with Crippen LogP contribution in [0.1, 0.15) is 104 Å². The van der Waals surface area contributed by atoms with E-state index >= 15 is 0 Å². The normalized spacial score (nSPS) is 23.6. The molecule has 2 heterocycles. The minimum atomic E-state index is -1.70. The molecule has 1 aromatic carbocycles. The first-order valence-corrected chi connectivity index (χ1v) is 24.7. The molecule has 0 saturated carbocycles. The lowest BCUT2D eigenvalue weighted by Crippen LogP contribution is -2.61. The van der Waals surface area contributed by atoms with Crippen molar-refractivity contribution in [1.29, 1.82) is 0 Å². The molecule has 2 aliphatic rings. The summed E-state index contributed by atoms with van der Waals surface area (Å²) in [6.07, 6.45) is 0.692. The van der Waals surface area contributed by atoms with Crippen LogP contribution < -0.4 is 54.4 Å². The van der Waals surface area contributed by atoms with Gasteiger partial charge in [0, 0.05) is 31.6 Å². The summed E-state index contributed by atoms with van der Waals surface area (Å²) in [4.78, 5) is 148. The van der Waals surface area contributed by atoms with Crippen molar-refractivity contribution in [2.75, 3.05) is 24.6 Å². The summed E-state index contributed by atoms with van der Waals surface area (Å²) in [5, 5.41) is 18.3. The van der Waals surface area contributed by atoms with Crippen LogP contribution in [0, 0.1) is 11.8 Å². The third kappa shape index (κ3) is 18.3. The Labute approximate surface area is 407 Å². The van der Waals surface area contributed by atoms with E-state index in [9.17, 15) is 52.7 Å². The predicted molar refractivity (Wildman–Crippen MR) is 256 cm³/mol. The zero-order chi connectivity index (χ0) is 51.4. The van der Waals surface area contributed by atoms with Gasteiger partial charge in [0.25, 0.3) is 0 Å². The molecule has 0 radical (unpaired) electrons. The molecule has 1 aromatic rings. The largest absolute Gasteiger partial charge is 0.370 e. The fourth-order valence-corrected chi connectivity index (χ4v) is 8.75. The van der Waals surface area contributed by atoms with Gasteiger partial charge in [-0.15, -0.1) is 0 Å². The van der Waals surface area contributed by atoms with Crippen LogP contribution >= 0.6 is 11.8 Å². The van der Waals surface area contributed by atoms with Crippen LogP contribution in [0.4, 0.5) is 0 Å². The van der Waals surface area contributed by atoms with E-state index in [1.54, 1.807) is 20.8 Å². The van der Waals surface area contributed by atoms with Crippen molar-refractivity contribution in [3.63, 3.8) is 0 Å². The molecule has 22 nitrogen and oxygen atoms in total. The van der Waals surface area contributed by atoms with E-state index in [0.717, 1.165) is 17.5 Å². The van der Waals surface area contributed by atoms with E-state index in [1.165, 1.54) is 16.7 Å². The fraction of sp³-hybridized carbons (Fsp3) is 0.630. The van der Waals surface area contributed by atoms with Crippen LogP contribution in [0.25, 0.3) is 0 Å². The number of thioether (sulfide) groups is 1. The van der Waals surface area contributed by atoms with Gasteiger partial charge in [0.2, 0.25) is 65.0 Å². The number of benzene rings is 1. The van der Waals surface area contributed by atoms with Gasteiger partial charge in [0.15, 0.2) is 0 Å². The third-order valence-electron chi connectivity index (χ3n) is 12.4. The summed E-state index contributed by atoms with van der Waals surface area (Å²) in [5.41, 5.74) is 18.0. The molecule has 23 heteroatoms. The van der Waals surface area contributed by atoms with E-state index in [0.29, 0.717) is 19.3 Å². The molecule has 9 atom stereocenters. The number of aryl methyl sites for hydroxylation is 1. The van der Waals surface area contributed by atoms with Crippen LogP contribution in [0.3, 0.4) is 0 Å². The van der Waals surface area contributed by atoms with Crippen LogP contribution in [0.2, 0.25) is 0 Å². The smallest absolute Gasteiger partial charge is 0.245 e. The van der Waals surface area contributed by atoms with Crippen molar-refractivity contribution in [3.05, 3.63) is 35.4 Å². The van der Waals surface area contributed by atoms with Crippen molar-refractivity contribution in [2.24, 2.45) is 29.0 Å². The second-order valence-electron chi connectivity index (χ2n) is 17.6. The molecule has 2 saturated heterocycles. The molecule has 0 spiro atoms. The van der Waals surface area contributed by atoms with Gasteiger partial charge in [-0.25, -0.2) is 0 Å². The number of nitrogens with zero attached hydrogens (tertiary/aromatic N) is 1. The number of nitrogens with two attached hydrogens (primary N) is 3. The summed E-state index contributed by atoms with van der Waals surface area (Å²) in [5.74, 6) is -9.08. The Balaban J connectivity index is 2.03. The lowest BCUT2D eigenvalue weighted by Gasteiger charge is -2.31. The van der Waals surface area contributed by atoms with Gasteiger partial charge in [0.05, 0.1) is 13.0 Å². The summed E-state index contributed by atoms with van der Waals surface area (Å²) in [7, 11) is 0. The zero-order valence-electron chi connectivity index (χ0n) is 40.2. The van der Waals surface area contributed by atoms with Gasteiger partial charge in [-0.3, -0.25) is 52.7 Å². The molecule has 3 rings (SSSR count). The highest BCUT2D eigenvalue weighted by Crippen LogP contribution is 2.22. The summed E-state index contributed by atoms with van der Waals surface area (Å²) in [6.45, 7) is 8.67. The molecule has 0 unspecified atom stereocenters. The highest BCUT2D eigenvalue weighted by atomic mass is 32.2. The number of rotatable bonds is 18. The Bertz CT molecular complexity index is 2020. The van der Waals surface area contributed by atoms with Crippen molar-refractivity contribution >= 4 is 76.7 Å². The van der Waals surface area contributed by atoms with Crippen molar-refractivity contribution in [2.45, 2.75) is 148 Å². The summed E-state index contributed by atoms with van der Waals surface area (Å²) >= 11 is 1.27. The van der Waals surface area contributed by atoms with Gasteiger partial charge in [0.1, 0.15) is 42.3 Å². The predicted octanol–water partition coefficient (Wildman–Crippen LogP) is -1.95. The van der Waals surface area contributed by atoms with Crippen LogP contribution in [0.15, 0.2) is 24.3 Å². The molecule has 69 heavy (non-hydrogen) atoms. The lowest BCUT2D eigenvalue weighted by molar-refractivity contribution is -0.143. The second-order valence-corrected chi connectivity index (χ2v) is 18.8. The maximum atomic E-state index is 14.5. The monoisotopic (exact) mass is 986 g/mol. The molecule has 2 fully saturated rings. The summed E-state index contributed by atoms with van der Waals surface area (Å²) < 4.78 is 0. The number of likely N-dealkylation sites (tertiary alicyclic amines) is 1. The van der Waals surface area contributed by atoms with Gasteiger partial charge in [-0.2, -0.15) is 11.8 Å². The number of nitrogens with one attached hydrogen (secondary N) is 7. The van der Waals surface area contributed by atoms with Gasteiger partial charge in [-0.1, -0.05) is 71.7 Å². The van der Waals surface area contributed by atoms with Gasteiger partial charge in [-0.05, 0) is 60.8 Å². The molecule has 382 valence electrons. The Kier molecular flexibility index (Phi) is 23.4. The highest BCUT2D eigenvalue weighted by molar-refractivity contribution is 7.99. The third-order valence-corrected chi connectivity index (χ3v) is 13.4. The van der Waals surface area contributed by atoms with Gasteiger partial charge >= 0.3 is 0 Å². The number of carbonyl (C=O) groups excluding carboxylic acids is 11. The molecule has 13 N–H and O–H groups in total. The number of hydrogen-bond acceptors (Lipinski definition) is 12. The maximum absolute atomic E-state index is 14.5.